The molecule has 0 amide bonds. The third kappa shape index (κ3) is 55.3. The molecule has 0 fully saturated rings. The van der Waals surface area contributed by atoms with E-state index in [9.17, 15) is 43.2 Å². The first-order valence-corrected chi connectivity index (χ1v) is 35.0. The monoisotopic (exact) mass is 1180 g/mol. The molecular weight excluding hydrogens is 1070 g/mol. The summed E-state index contributed by atoms with van der Waals surface area (Å²) in [6.45, 7) is 9.36. The van der Waals surface area contributed by atoms with Crippen molar-refractivity contribution >= 4 is 39.5 Å². The molecule has 80 heavy (non-hydrogen) atoms. The Balaban J connectivity index is 5.18. The molecule has 19 heteroatoms. The van der Waals surface area contributed by atoms with Crippen molar-refractivity contribution in [3.63, 3.8) is 0 Å². The van der Waals surface area contributed by atoms with Gasteiger partial charge in [0.05, 0.1) is 26.4 Å². The van der Waals surface area contributed by atoms with E-state index < -0.39 is 97.5 Å². The average molecular weight is 1190 g/mol. The van der Waals surface area contributed by atoms with Crippen LogP contribution in [-0.2, 0) is 65.4 Å². The van der Waals surface area contributed by atoms with E-state index in [1.54, 1.807) is 0 Å². The van der Waals surface area contributed by atoms with Gasteiger partial charge in [-0.2, -0.15) is 0 Å². The summed E-state index contributed by atoms with van der Waals surface area (Å²) in [5.74, 6) is -0.644. The highest BCUT2D eigenvalue weighted by Gasteiger charge is 2.30. The highest BCUT2D eigenvalue weighted by molar-refractivity contribution is 7.47. The molecule has 0 aromatic heterocycles. The number of aliphatic hydroxyl groups is 1. The van der Waals surface area contributed by atoms with Gasteiger partial charge in [0, 0.05) is 25.7 Å². The summed E-state index contributed by atoms with van der Waals surface area (Å²) >= 11 is 0. The van der Waals surface area contributed by atoms with Crippen LogP contribution in [0.25, 0.3) is 0 Å². The third-order valence-corrected chi connectivity index (χ3v) is 15.9. The Kier molecular flexibility index (Phi) is 52.5. The molecule has 0 aliphatic heterocycles. The van der Waals surface area contributed by atoms with Gasteiger partial charge >= 0.3 is 39.5 Å². The van der Waals surface area contributed by atoms with Crippen LogP contribution in [0.3, 0.4) is 0 Å². The predicted octanol–water partition coefficient (Wildman–Crippen LogP) is 16.5. The van der Waals surface area contributed by atoms with Crippen molar-refractivity contribution in [3.05, 3.63) is 0 Å². The minimum atomic E-state index is -4.94. The molecule has 0 aliphatic carbocycles. The van der Waals surface area contributed by atoms with Crippen molar-refractivity contribution in [1.82, 2.24) is 0 Å². The Morgan fingerprint density at radius 3 is 0.850 bits per heavy atom. The van der Waals surface area contributed by atoms with E-state index in [1.165, 1.54) is 89.9 Å². The normalized spacial score (nSPS) is 14.4. The van der Waals surface area contributed by atoms with Gasteiger partial charge in [-0.25, -0.2) is 9.13 Å². The number of unbranched alkanes of at least 4 members (excludes halogenated alkanes) is 30. The van der Waals surface area contributed by atoms with Gasteiger partial charge < -0.3 is 33.8 Å². The Morgan fingerprint density at radius 1 is 0.338 bits per heavy atom. The van der Waals surface area contributed by atoms with Crippen LogP contribution in [-0.4, -0.2) is 96.7 Å². The van der Waals surface area contributed by atoms with E-state index in [-0.39, 0.29) is 25.7 Å². The number of hydrogen-bond acceptors (Lipinski definition) is 15. The number of ether oxygens (including phenoxy) is 4. The van der Waals surface area contributed by atoms with Gasteiger partial charge in [0.2, 0.25) is 0 Å². The molecule has 474 valence electrons. The highest BCUT2D eigenvalue weighted by Crippen LogP contribution is 2.45. The lowest BCUT2D eigenvalue weighted by Gasteiger charge is -2.21. The van der Waals surface area contributed by atoms with Gasteiger partial charge in [-0.05, 0) is 37.5 Å². The lowest BCUT2D eigenvalue weighted by atomic mass is 10.0. The number of carbonyl (C=O) groups is 4. The molecule has 3 N–H and O–H groups in total. The predicted molar refractivity (Wildman–Crippen MR) is 317 cm³/mol. The minimum Gasteiger partial charge on any atom is -0.462 e. The van der Waals surface area contributed by atoms with Gasteiger partial charge in [0.15, 0.2) is 12.2 Å². The second-order valence-electron chi connectivity index (χ2n) is 23.0. The second kappa shape index (κ2) is 53.8. The van der Waals surface area contributed by atoms with Gasteiger partial charge in [-0.3, -0.25) is 37.3 Å². The largest absolute Gasteiger partial charge is 0.472 e. The maximum absolute atomic E-state index is 12.9. The molecule has 0 aliphatic rings. The van der Waals surface area contributed by atoms with E-state index in [0.717, 1.165) is 127 Å². The van der Waals surface area contributed by atoms with Crippen molar-refractivity contribution in [1.29, 1.82) is 0 Å². The van der Waals surface area contributed by atoms with E-state index in [0.29, 0.717) is 25.7 Å². The summed E-state index contributed by atoms with van der Waals surface area (Å²) in [6.07, 6.45) is 35.1. The van der Waals surface area contributed by atoms with Crippen molar-refractivity contribution in [2.75, 3.05) is 39.6 Å². The molecule has 0 saturated carbocycles. The molecule has 17 nitrogen and oxygen atoms in total. The van der Waals surface area contributed by atoms with Crippen LogP contribution in [0.1, 0.15) is 298 Å². The quantitative estimate of drug-likeness (QED) is 0.0222. The van der Waals surface area contributed by atoms with E-state index in [4.69, 9.17) is 37.0 Å². The molecular formula is C61H118O17P2. The molecule has 0 bridgehead atoms. The van der Waals surface area contributed by atoms with Crippen LogP contribution in [0.5, 0.6) is 0 Å². The lowest BCUT2D eigenvalue weighted by molar-refractivity contribution is -0.161. The summed E-state index contributed by atoms with van der Waals surface area (Å²) in [7, 11) is -9.87. The zero-order valence-electron chi connectivity index (χ0n) is 51.4. The van der Waals surface area contributed by atoms with Gasteiger partial charge in [0.25, 0.3) is 0 Å². The molecule has 2 unspecified atom stereocenters. The fourth-order valence-corrected chi connectivity index (χ4v) is 10.6. The van der Waals surface area contributed by atoms with E-state index >= 15 is 0 Å². The van der Waals surface area contributed by atoms with Crippen LogP contribution in [0.2, 0.25) is 0 Å². The fourth-order valence-electron chi connectivity index (χ4n) is 9.00. The maximum atomic E-state index is 12.9. The van der Waals surface area contributed by atoms with Crippen LogP contribution >= 0.6 is 15.6 Å². The molecule has 0 aromatic carbocycles. The van der Waals surface area contributed by atoms with Crippen LogP contribution < -0.4 is 0 Å². The third-order valence-electron chi connectivity index (χ3n) is 14.0. The van der Waals surface area contributed by atoms with Crippen LogP contribution in [0.4, 0.5) is 0 Å². The number of phosphoric ester groups is 2. The number of rotatable bonds is 60. The fraction of sp³-hybridized carbons (Fsp3) is 0.934. The van der Waals surface area contributed by atoms with E-state index in [1.807, 2.05) is 0 Å². The number of hydrogen-bond donors (Lipinski definition) is 3. The Morgan fingerprint density at radius 2 is 0.575 bits per heavy atom. The van der Waals surface area contributed by atoms with Crippen molar-refractivity contribution in [2.45, 2.75) is 317 Å². The Labute approximate surface area is 486 Å². The van der Waals surface area contributed by atoms with E-state index in [2.05, 4.69) is 41.5 Å². The van der Waals surface area contributed by atoms with Gasteiger partial charge in [-0.1, -0.05) is 247 Å². The Hall–Kier alpha value is -1.94. The molecule has 0 radical (unpaired) electrons. The zero-order chi connectivity index (χ0) is 59.4. The highest BCUT2D eigenvalue weighted by atomic mass is 31.2. The summed E-state index contributed by atoms with van der Waals surface area (Å²) in [4.78, 5) is 71.8. The first kappa shape index (κ1) is 78.1. The molecule has 0 heterocycles. The molecule has 5 atom stereocenters. The lowest BCUT2D eigenvalue weighted by Crippen LogP contribution is -2.30. The van der Waals surface area contributed by atoms with Crippen molar-refractivity contribution in [3.8, 4) is 0 Å². The first-order chi connectivity index (χ1) is 38.4. The minimum absolute atomic E-state index is 0.103. The molecule has 0 saturated heterocycles. The zero-order valence-corrected chi connectivity index (χ0v) is 53.2. The maximum Gasteiger partial charge on any atom is 0.472 e. The number of phosphoric acid groups is 2. The van der Waals surface area contributed by atoms with Crippen molar-refractivity contribution < 1.29 is 80.2 Å². The SMILES string of the molecule is CCCCCCCCCC(=O)OC[C@H](COP(=O)(O)OC[C@H](O)COP(=O)(O)OC[C@@H](COC(=O)CCCCCCCCCCC(C)C)OC(=O)CCCCCCCCCCCCCCC(C)C)OC(=O)CCCCCCCCC. The number of aliphatic hydroxyl groups excluding tert-OH is 1. The topological polar surface area (TPSA) is 237 Å². The Bertz CT molecular complexity index is 1580. The number of carbonyl (C=O) groups excluding carboxylic acids is 4. The standard InChI is InChI=1S/C61H118O17P2/c1-7-9-11-13-23-31-37-43-58(63)71-49-56(77-60(65)45-39-33-24-14-12-10-8-2)51-75-79(67,68)73-47-55(62)48-74-80(69,70)76-52-57(50-72-59(64)44-38-32-27-22-21-26-30-36-42-54(5)6)78-61(66)46-40-34-28-20-18-16-15-17-19-25-29-35-41-53(3)4/h53-57,62H,7-52H2,1-6H3,(H,67,68)(H,69,70)/t55-,56+,57+/m0/s1. The summed E-state index contributed by atoms with van der Waals surface area (Å²) in [5.41, 5.74) is 0. The average Bonchev–Trinajstić information content (AvgIpc) is 3.41. The van der Waals surface area contributed by atoms with Gasteiger partial charge in [-0.15, -0.1) is 0 Å². The van der Waals surface area contributed by atoms with Crippen LogP contribution in [0, 0.1) is 11.8 Å². The van der Waals surface area contributed by atoms with Gasteiger partial charge in [0.1, 0.15) is 19.3 Å². The molecule has 0 rings (SSSR count). The molecule has 0 aromatic rings. The summed E-state index contributed by atoms with van der Waals surface area (Å²) in [6, 6.07) is 0. The van der Waals surface area contributed by atoms with Crippen LogP contribution in [0.15, 0.2) is 0 Å². The second-order valence-corrected chi connectivity index (χ2v) is 25.9. The summed E-state index contributed by atoms with van der Waals surface area (Å²) < 4.78 is 67.7. The summed E-state index contributed by atoms with van der Waals surface area (Å²) in [5, 5.41) is 10.5. The first-order valence-electron chi connectivity index (χ1n) is 32.0. The van der Waals surface area contributed by atoms with Crippen molar-refractivity contribution in [2.24, 2.45) is 11.8 Å². The number of esters is 4. The smallest absolute Gasteiger partial charge is 0.462 e. The molecule has 0 spiro atoms.